The normalized spacial score (nSPS) is 11.5. The molecule has 10 heteroatoms. The molecule has 0 aliphatic carbocycles. The van der Waals surface area contributed by atoms with Gasteiger partial charge in [0.05, 0.1) is 11.5 Å². The Morgan fingerprint density at radius 3 is 2.44 bits per heavy atom. The van der Waals surface area contributed by atoms with Crippen LogP contribution in [-0.2, 0) is 23.8 Å². The lowest BCUT2D eigenvalue weighted by atomic mass is 10.2. The molecule has 1 aromatic rings. The summed E-state index contributed by atoms with van der Waals surface area (Å²) >= 11 is 0. The molecule has 0 bridgehead atoms. The van der Waals surface area contributed by atoms with Crippen molar-refractivity contribution in [3.63, 3.8) is 0 Å². The van der Waals surface area contributed by atoms with Crippen LogP contribution in [0.2, 0.25) is 0 Å². The van der Waals surface area contributed by atoms with Crippen molar-refractivity contribution < 1.29 is 26.9 Å². The zero-order valence-corrected chi connectivity index (χ0v) is 15.2. The van der Waals surface area contributed by atoms with Gasteiger partial charge in [-0.1, -0.05) is 5.11 Å². The molecule has 0 unspecified atom stereocenters. The van der Waals surface area contributed by atoms with E-state index in [0.717, 1.165) is 0 Å². The monoisotopic (exact) mass is 371 g/mol. The molecule has 25 heavy (non-hydrogen) atoms. The van der Waals surface area contributed by atoms with Gasteiger partial charge in [0.2, 0.25) is 0 Å². The van der Waals surface area contributed by atoms with Gasteiger partial charge in [0.15, 0.2) is 6.61 Å². The van der Waals surface area contributed by atoms with Gasteiger partial charge in [0, 0.05) is 11.5 Å². The molecule has 0 saturated heterocycles. The van der Waals surface area contributed by atoms with E-state index in [1.807, 2.05) is 0 Å². The second-order valence-corrected chi connectivity index (χ2v) is 7.55. The van der Waals surface area contributed by atoms with Crippen LogP contribution in [0, 0.1) is 0 Å². The van der Waals surface area contributed by atoms with Gasteiger partial charge in [0.25, 0.3) is 10.1 Å². The van der Waals surface area contributed by atoms with Crippen molar-refractivity contribution in [2.75, 3.05) is 19.8 Å². The minimum absolute atomic E-state index is 0.0995. The molecular weight excluding hydrogens is 350 g/mol. The smallest absolute Gasteiger partial charge is 0.334 e. The largest absolute Gasteiger partial charge is 0.494 e. The third-order valence-corrected chi connectivity index (χ3v) is 3.88. The van der Waals surface area contributed by atoms with E-state index in [9.17, 15) is 13.2 Å². The van der Waals surface area contributed by atoms with E-state index in [-0.39, 0.29) is 4.90 Å². The molecule has 9 nitrogen and oxygen atoms in total. The average molecular weight is 371 g/mol. The van der Waals surface area contributed by atoms with E-state index in [4.69, 9.17) is 19.2 Å². The standard InChI is InChI=1S/C15H21N3O6S/c1-15(2,3)24-14(19)11-23-25(20,21)13-7-5-12(6-8-13)22-10-4-9-17-18-16/h5-8H,4,9-11H2,1-3H3. The number of ether oxygens (including phenoxy) is 2. The Bertz CT molecular complexity index is 719. The molecule has 0 radical (unpaired) electrons. The number of benzene rings is 1. The van der Waals surface area contributed by atoms with Crippen LogP contribution in [0.5, 0.6) is 5.75 Å². The van der Waals surface area contributed by atoms with E-state index in [1.54, 1.807) is 20.8 Å². The van der Waals surface area contributed by atoms with Crippen molar-refractivity contribution in [1.29, 1.82) is 0 Å². The molecule has 0 aliphatic heterocycles. The van der Waals surface area contributed by atoms with Crippen LogP contribution < -0.4 is 4.74 Å². The second-order valence-electron chi connectivity index (χ2n) is 5.93. The fraction of sp³-hybridized carbons (Fsp3) is 0.533. The molecule has 0 aromatic heterocycles. The molecular formula is C15H21N3O6S. The summed E-state index contributed by atoms with van der Waals surface area (Å²) in [4.78, 5) is 14.0. The molecule has 0 atom stereocenters. The summed E-state index contributed by atoms with van der Waals surface area (Å²) in [6.07, 6.45) is 0.545. The Hall–Kier alpha value is -2.29. The van der Waals surface area contributed by atoms with Crippen LogP contribution >= 0.6 is 0 Å². The molecule has 1 rings (SSSR count). The van der Waals surface area contributed by atoms with Crippen LogP contribution in [0.4, 0.5) is 0 Å². The van der Waals surface area contributed by atoms with Crippen molar-refractivity contribution in [2.24, 2.45) is 5.11 Å². The third kappa shape index (κ3) is 8.39. The number of esters is 1. The first kappa shape index (κ1) is 20.8. The summed E-state index contributed by atoms with van der Waals surface area (Å²) in [7, 11) is -4.07. The first-order valence-corrected chi connectivity index (χ1v) is 8.90. The molecule has 0 amide bonds. The molecule has 138 valence electrons. The maximum Gasteiger partial charge on any atom is 0.334 e. The number of rotatable bonds is 9. The highest BCUT2D eigenvalue weighted by atomic mass is 32.2. The quantitative estimate of drug-likeness (QED) is 0.164. The van der Waals surface area contributed by atoms with E-state index in [0.29, 0.717) is 25.3 Å². The van der Waals surface area contributed by atoms with Crippen molar-refractivity contribution in [1.82, 2.24) is 0 Å². The predicted octanol–water partition coefficient (Wildman–Crippen LogP) is 2.81. The number of nitrogens with zero attached hydrogens (tertiary/aromatic N) is 3. The molecule has 0 fully saturated rings. The van der Waals surface area contributed by atoms with Crippen LogP contribution in [0.1, 0.15) is 27.2 Å². The summed E-state index contributed by atoms with van der Waals surface area (Å²) in [5.74, 6) is -0.303. The molecule has 0 N–H and O–H groups in total. The number of azide groups is 1. The highest BCUT2D eigenvalue weighted by Crippen LogP contribution is 2.18. The van der Waals surface area contributed by atoms with Gasteiger partial charge in [0.1, 0.15) is 11.4 Å². The van der Waals surface area contributed by atoms with Crippen molar-refractivity contribution in [2.45, 2.75) is 37.7 Å². The van der Waals surface area contributed by atoms with Gasteiger partial charge in [-0.15, -0.1) is 0 Å². The summed E-state index contributed by atoms with van der Waals surface area (Å²) in [5.41, 5.74) is 7.42. The highest BCUT2D eigenvalue weighted by molar-refractivity contribution is 7.86. The SMILES string of the molecule is CC(C)(C)OC(=O)COS(=O)(=O)c1ccc(OCCCN=[N+]=[N-])cc1. The van der Waals surface area contributed by atoms with Gasteiger partial charge >= 0.3 is 5.97 Å². The number of carbonyl (C=O) groups excluding carboxylic acids is 1. The predicted molar refractivity (Wildman–Crippen MR) is 89.5 cm³/mol. The molecule has 0 saturated carbocycles. The van der Waals surface area contributed by atoms with Gasteiger partial charge < -0.3 is 9.47 Å². The van der Waals surface area contributed by atoms with Gasteiger partial charge in [-0.2, -0.15) is 8.42 Å². The van der Waals surface area contributed by atoms with Crippen LogP contribution in [0.15, 0.2) is 34.3 Å². The number of hydrogen-bond acceptors (Lipinski definition) is 7. The van der Waals surface area contributed by atoms with Crippen LogP contribution in [0.25, 0.3) is 10.4 Å². The summed E-state index contributed by atoms with van der Waals surface area (Å²) in [6, 6.07) is 5.56. The van der Waals surface area contributed by atoms with E-state index < -0.39 is 28.3 Å². The molecule has 0 heterocycles. The zero-order chi connectivity index (χ0) is 18.9. The van der Waals surface area contributed by atoms with Crippen molar-refractivity contribution in [3.05, 3.63) is 34.7 Å². The Morgan fingerprint density at radius 2 is 1.88 bits per heavy atom. The third-order valence-electron chi connectivity index (χ3n) is 2.60. The lowest BCUT2D eigenvalue weighted by Crippen LogP contribution is -2.27. The summed E-state index contributed by atoms with van der Waals surface area (Å²) in [5, 5.41) is 3.37. The summed E-state index contributed by atoms with van der Waals surface area (Å²) in [6.45, 7) is 4.97. The highest BCUT2D eigenvalue weighted by Gasteiger charge is 2.21. The minimum atomic E-state index is -4.07. The maximum atomic E-state index is 12.0. The first-order chi connectivity index (χ1) is 11.6. The first-order valence-electron chi connectivity index (χ1n) is 7.49. The van der Waals surface area contributed by atoms with Gasteiger partial charge in [-0.25, -0.2) is 4.79 Å². The van der Waals surface area contributed by atoms with E-state index >= 15 is 0 Å². The van der Waals surface area contributed by atoms with E-state index in [2.05, 4.69) is 10.0 Å². The Balaban J connectivity index is 2.55. The molecule has 1 aromatic carbocycles. The lowest BCUT2D eigenvalue weighted by molar-refractivity contribution is -0.157. The molecule has 0 aliphatic rings. The average Bonchev–Trinajstić information content (AvgIpc) is 2.52. The zero-order valence-electron chi connectivity index (χ0n) is 14.3. The lowest BCUT2D eigenvalue weighted by Gasteiger charge is -2.19. The number of hydrogen-bond donors (Lipinski definition) is 0. The fourth-order valence-electron chi connectivity index (χ4n) is 1.64. The minimum Gasteiger partial charge on any atom is -0.494 e. The van der Waals surface area contributed by atoms with Crippen LogP contribution in [-0.4, -0.2) is 39.7 Å². The number of carbonyl (C=O) groups is 1. The topological polar surface area (TPSA) is 128 Å². The summed E-state index contributed by atoms with van der Waals surface area (Å²) < 4.78 is 39.1. The van der Waals surface area contributed by atoms with Gasteiger partial charge in [-0.05, 0) is 57.0 Å². The van der Waals surface area contributed by atoms with Crippen LogP contribution in [0.3, 0.4) is 0 Å². The maximum absolute atomic E-state index is 12.0. The second kappa shape index (κ2) is 9.26. The van der Waals surface area contributed by atoms with Crippen molar-refractivity contribution >= 4 is 16.1 Å². The fourth-order valence-corrected chi connectivity index (χ4v) is 2.49. The van der Waals surface area contributed by atoms with E-state index in [1.165, 1.54) is 24.3 Å². The Kier molecular flexibility index (Phi) is 7.69. The van der Waals surface area contributed by atoms with Gasteiger partial charge in [-0.3, -0.25) is 4.18 Å². The van der Waals surface area contributed by atoms with Crippen molar-refractivity contribution in [3.8, 4) is 5.75 Å². The Labute approximate surface area is 146 Å². The Morgan fingerprint density at radius 1 is 1.24 bits per heavy atom. The molecule has 0 spiro atoms.